The normalized spacial score (nSPS) is 10.6. The second kappa shape index (κ2) is 16.0. The van der Waals surface area contributed by atoms with Crippen LogP contribution in [0.4, 0.5) is 0 Å². The van der Waals surface area contributed by atoms with Gasteiger partial charge in [-0.2, -0.15) is 0 Å². The third kappa shape index (κ3) is 15.9. The Morgan fingerprint density at radius 3 is 1.79 bits per heavy atom. The molecule has 0 aromatic carbocycles. The molecule has 0 heterocycles. The fourth-order valence-electron chi connectivity index (χ4n) is 2.10. The van der Waals surface area contributed by atoms with Gasteiger partial charge in [0.15, 0.2) is 0 Å². The minimum Gasteiger partial charge on any atom is -0.466 e. The van der Waals surface area contributed by atoms with E-state index in [-0.39, 0.29) is 5.97 Å². The predicted molar refractivity (Wildman–Crippen MR) is 85.8 cm³/mol. The zero-order chi connectivity index (χ0) is 14.2. The summed E-state index contributed by atoms with van der Waals surface area (Å²) in [5, 5.41) is 0.699. The molecule has 0 unspecified atom stereocenters. The van der Waals surface area contributed by atoms with Crippen molar-refractivity contribution in [3.8, 4) is 0 Å². The van der Waals surface area contributed by atoms with Crippen LogP contribution in [0, 0.1) is 0 Å². The van der Waals surface area contributed by atoms with E-state index in [0.717, 1.165) is 6.42 Å². The van der Waals surface area contributed by atoms with E-state index >= 15 is 0 Å². The highest BCUT2D eigenvalue weighted by Crippen LogP contribution is 2.11. The number of hydrogen-bond acceptors (Lipinski definition) is 2. The molecule has 0 aliphatic rings. The minimum atomic E-state index is -0.0797. The maximum Gasteiger partial charge on any atom is 0.306 e. The average molecular weight is 335 g/mol. The van der Waals surface area contributed by atoms with Gasteiger partial charge in [-0.3, -0.25) is 4.79 Å². The summed E-state index contributed by atoms with van der Waals surface area (Å²) in [6.45, 7) is 2.86. The molecule has 0 amide bonds. The monoisotopic (exact) mass is 334 g/mol. The summed E-state index contributed by atoms with van der Waals surface area (Å²) in [5.74, 6) is -0.0797. The van der Waals surface area contributed by atoms with E-state index in [1.54, 1.807) is 0 Å². The van der Waals surface area contributed by atoms with Crippen LogP contribution in [-0.4, -0.2) is 17.9 Å². The Kier molecular flexibility index (Phi) is 16.0. The largest absolute Gasteiger partial charge is 0.466 e. The number of halogens is 1. The molecule has 0 saturated heterocycles. The van der Waals surface area contributed by atoms with E-state index in [1.165, 1.54) is 64.2 Å². The number of hydrogen-bond donors (Lipinski definition) is 0. The molecule has 2 nitrogen and oxygen atoms in total. The molecule has 0 aliphatic carbocycles. The van der Waals surface area contributed by atoms with Crippen molar-refractivity contribution in [1.29, 1.82) is 0 Å². The Balaban J connectivity index is 3.01. The topological polar surface area (TPSA) is 26.3 Å². The van der Waals surface area contributed by atoms with E-state index in [2.05, 4.69) is 22.9 Å². The molecule has 0 rings (SSSR count). The summed E-state index contributed by atoms with van der Waals surface area (Å²) in [5.41, 5.74) is 0. The highest BCUT2D eigenvalue weighted by Gasteiger charge is 2.00. The Morgan fingerprint density at radius 2 is 1.32 bits per heavy atom. The molecule has 0 radical (unpaired) electrons. The van der Waals surface area contributed by atoms with Crippen molar-refractivity contribution in [2.45, 2.75) is 84.0 Å². The van der Waals surface area contributed by atoms with Crippen molar-refractivity contribution < 1.29 is 9.53 Å². The molecule has 0 N–H and O–H groups in total. The zero-order valence-electron chi connectivity index (χ0n) is 12.6. The lowest BCUT2D eigenvalue weighted by Gasteiger charge is -2.04. The van der Waals surface area contributed by atoms with Crippen molar-refractivity contribution in [3.63, 3.8) is 0 Å². The van der Waals surface area contributed by atoms with Crippen LogP contribution in [0.25, 0.3) is 0 Å². The van der Waals surface area contributed by atoms with Gasteiger partial charge in [0, 0.05) is 5.33 Å². The van der Waals surface area contributed by atoms with Gasteiger partial charge in [-0.25, -0.2) is 0 Å². The highest BCUT2D eigenvalue weighted by atomic mass is 79.9. The quantitative estimate of drug-likeness (QED) is 0.234. The van der Waals surface area contributed by atoms with Crippen LogP contribution in [0.1, 0.15) is 84.0 Å². The van der Waals surface area contributed by atoms with Crippen LogP contribution in [0.3, 0.4) is 0 Å². The van der Waals surface area contributed by atoms with E-state index in [4.69, 9.17) is 4.74 Å². The van der Waals surface area contributed by atoms with Crippen LogP contribution in [0.2, 0.25) is 0 Å². The second-order valence-electron chi connectivity index (χ2n) is 5.19. The summed E-state index contributed by atoms with van der Waals surface area (Å²) in [7, 11) is 0. The molecule has 0 aromatic rings. The van der Waals surface area contributed by atoms with Crippen molar-refractivity contribution in [2.75, 3.05) is 11.9 Å². The van der Waals surface area contributed by atoms with Crippen LogP contribution in [0.15, 0.2) is 0 Å². The number of rotatable bonds is 14. The molecule has 0 fully saturated rings. The summed E-state index contributed by atoms with van der Waals surface area (Å²) in [6.07, 6.45) is 15.0. The Morgan fingerprint density at radius 1 is 0.842 bits per heavy atom. The first-order chi connectivity index (χ1) is 9.31. The number of carbonyl (C=O) groups is 1. The number of ether oxygens (including phenoxy) is 1. The lowest BCUT2D eigenvalue weighted by atomic mass is 10.1. The van der Waals surface area contributed by atoms with Gasteiger partial charge in [0.05, 0.1) is 13.0 Å². The Bertz CT molecular complexity index is 195. The third-order valence-corrected chi connectivity index (χ3v) is 3.71. The van der Waals surface area contributed by atoms with Gasteiger partial charge in [0.2, 0.25) is 0 Å². The van der Waals surface area contributed by atoms with Gasteiger partial charge in [-0.1, -0.05) is 87.1 Å². The van der Waals surface area contributed by atoms with Gasteiger partial charge in [0.25, 0.3) is 0 Å². The molecule has 0 spiro atoms. The summed E-state index contributed by atoms with van der Waals surface area (Å²) >= 11 is 3.23. The minimum absolute atomic E-state index is 0.0797. The second-order valence-corrected chi connectivity index (χ2v) is 5.99. The third-order valence-electron chi connectivity index (χ3n) is 3.31. The van der Waals surface area contributed by atoms with Crippen molar-refractivity contribution >= 4 is 21.9 Å². The smallest absolute Gasteiger partial charge is 0.306 e. The van der Waals surface area contributed by atoms with Crippen LogP contribution < -0.4 is 0 Å². The summed E-state index contributed by atoms with van der Waals surface area (Å²) in [4.78, 5) is 11.1. The molecule has 0 saturated carbocycles. The SMILES string of the molecule is CCCCCCCCCCCCCOC(=O)CCBr. The summed E-state index contributed by atoms with van der Waals surface area (Å²) < 4.78 is 5.10. The maximum atomic E-state index is 11.1. The van der Waals surface area contributed by atoms with Crippen LogP contribution >= 0.6 is 15.9 Å². The van der Waals surface area contributed by atoms with Gasteiger partial charge < -0.3 is 4.74 Å². The molecule has 19 heavy (non-hydrogen) atoms. The Labute approximate surface area is 127 Å². The van der Waals surface area contributed by atoms with Crippen molar-refractivity contribution in [3.05, 3.63) is 0 Å². The van der Waals surface area contributed by atoms with E-state index in [0.29, 0.717) is 18.4 Å². The van der Waals surface area contributed by atoms with E-state index < -0.39 is 0 Å². The first-order valence-electron chi connectivity index (χ1n) is 8.02. The molecule has 0 aliphatic heterocycles. The average Bonchev–Trinajstić information content (AvgIpc) is 2.40. The standard InChI is InChI=1S/C16H31BrO2/c1-2-3-4-5-6-7-8-9-10-11-12-15-19-16(18)13-14-17/h2-15H2,1H3. The molecule has 0 aromatic heterocycles. The molecular formula is C16H31BrO2. The number of esters is 1. The Hall–Kier alpha value is -0.0500. The molecule has 0 bridgehead atoms. The first kappa shape index (κ1) is 18.9. The number of carbonyl (C=O) groups excluding carboxylic acids is 1. The fraction of sp³-hybridized carbons (Fsp3) is 0.938. The first-order valence-corrected chi connectivity index (χ1v) is 9.15. The number of alkyl halides is 1. The lowest BCUT2D eigenvalue weighted by Crippen LogP contribution is -2.05. The van der Waals surface area contributed by atoms with Crippen molar-refractivity contribution in [2.24, 2.45) is 0 Å². The van der Waals surface area contributed by atoms with Crippen LogP contribution in [-0.2, 0) is 9.53 Å². The van der Waals surface area contributed by atoms with Crippen molar-refractivity contribution in [1.82, 2.24) is 0 Å². The molecule has 0 atom stereocenters. The molecular weight excluding hydrogens is 304 g/mol. The van der Waals surface area contributed by atoms with Gasteiger partial charge in [-0.15, -0.1) is 0 Å². The fourth-order valence-corrected chi connectivity index (χ4v) is 2.43. The molecule has 3 heteroatoms. The van der Waals surface area contributed by atoms with Gasteiger partial charge >= 0.3 is 5.97 Å². The van der Waals surface area contributed by atoms with Gasteiger partial charge in [0.1, 0.15) is 0 Å². The highest BCUT2D eigenvalue weighted by molar-refractivity contribution is 9.09. The zero-order valence-corrected chi connectivity index (χ0v) is 14.2. The maximum absolute atomic E-state index is 11.1. The van der Waals surface area contributed by atoms with Crippen LogP contribution in [0.5, 0.6) is 0 Å². The number of unbranched alkanes of at least 4 members (excludes halogenated alkanes) is 10. The lowest BCUT2D eigenvalue weighted by molar-refractivity contribution is -0.143. The summed E-state index contributed by atoms with van der Waals surface area (Å²) in [6, 6.07) is 0. The van der Waals surface area contributed by atoms with E-state index in [9.17, 15) is 4.79 Å². The predicted octanol–water partition coefficient (Wildman–Crippen LogP) is 5.63. The molecule has 114 valence electrons. The van der Waals surface area contributed by atoms with E-state index in [1.807, 2.05) is 0 Å². The van der Waals surface area contributed by atoms with Gasteiger partial charge in [-0.05, 0) is 6.42 Å².